The number of rotatable bonds is 6. The van der Waals surface area contributed by atoms with Crippen LogP contribution in [0.4, 0.5) is 0 Å². The average molecular weight is 252 g/mol. The molecule has 1 fully saturated rings. The molecule has 0 atom stereocenters. The van der Waals surface area contributed by atoms with Crippen molar-refractivity contribution >= 4 is 5.71 Å². The molecular formula is C13H24N4O. The van der Waals surface area contributed by atoms with Gasteiger partial charge in [-0.2, -0.15) is 0 Å². The molecule has 2 N–H and O–H groups in total. The van der Waals surface area contributed by atoms with Crippen molar-refractivity contribution in [2.75, 3.05) is 33.4 Å². The lowest BCUT2D eigenvalue weighted by atomic mass is 10.3. The van der Waals surface area contributed by atoms with Crippen LogP contribution in [0, 0.1) is 0 Å². The lowest BCUT2D eigenvalue weighted by Gasteiger charge is -2.31. The molecule has 1 rings (SSSR count). The van der Waals surface area contributed by atoms with Crippen molar-refractivity contribution in [3.63, 3.8) is 0 Å². The van der Waals surface area contributed by atoms with Gasteiger partial charge in [0, 0.05) is 32.3 Å². The molecule has 0 spiro atoms. The van der Waals surface area contributed by atoms with Crippen LogP contribution >= 0.6 is 0 Å². The van der Waals surface area contributed by atoms with E-state index in [2.05, 4.69) is 41.2 Å². The first-order chi connectivity index (χ1) is 8.67. The van der Waals surface area contributed by atoms with Gasteiger partial charge >= 0.3 is 0 Å². The topological polar surface area (TPSA) is 48.9 Å². The molecule has 18 heavy (non-hydrogen) atoms. The van der Waals surface area contributed by atoms with E-state index in [1.54, 1.807) is 6.08 Å². The van der Waals surface area contributed by atoms with Gasteiger partial charge in [-0.25, -0.2) is 5.43 Å². The van der Waals surface area contributed by atoms with E-state index >= 15 is 0 Å². The fraction of sp³-hybridized carbons (Fsp3) is 0.615. The molecular weight excluding hydrogens is 228 g/mol. The maximum Gasteiger partial charge on any atom is 0.118 e. The number of ether oxygens (including phenoxy) is 1. The van der Waals surface area contributed by atoms with Crippen molar-refractivity contribution in [1.82, 2.24) is 15.8 Å². The van der Waals surface area contributed by atoms with E-state index in [1.807, 2.05) is 13.1 Å². The predicted octanol–water partition coefficient (Wildman–Crippen LogP) is 0.919. The Hall–Kier alpha value is -1.33. The van der Waals surface area contributed by atoms with Crippen molar-refractivity contribution in [3.8, 4) is 0 Å². The number of morpholine rings is 1. The van der Waals surface area contributed by atoms with Gasteiger partial charge in [-0.3, -0.25) is 4.99 Å². The largest absolute Gasteiger partial charge is 0.378 e. The summed E-state index contributed by atoms with van der Waals surface area (Å²) in [7, 11) is 1.85. The minimum absolute atomic E-state index is 0.259. The van der Waals surface area contributed by atoms with Gasteiger partial charge < -0.3 is 15.1 Å². The van der Waals surface area contributed by atoms with Crippen molar-refractivity contribution in [3.05, 3.63) is 24.6 Å². The number of hydrogen-bond donors (Lipinski definition) is 2. The highest BCUT2D eigenvalue weighted by molar-refractivity contribution is 6.04. The fourth-order valence-electron chi connectivity index (χ4n) is 1.73. The molecule has 5 heteroatoms. The third-order valence-electron chi connectivity index (χ3n) is 2.51. The Kier molecular flexibility index (Phi) is 6.46. The molecule has 0 unspecified atom stereocenters. The Bertz CT molecular complexity index is 317. The molecule has 0 aromatic rings. The van der Waals surface area contributed by atoms with Crippen LogP contribution in [-0.4, -0.2) is 50.0 Å². The van der Waals surface area contributed by atoms with E-state index in [-0.39, 0.29) is 6.04 Å². The number of nitrogens with one attached hydrogen (secondary N) is 2. The SMILES string of the molecule is C=CC(/C=C(\NNC)N1CCOCC1)=NC(C)C. The third-order valence-corrected chi connectivity index (χ3v) is 2.51. The summed E-state index contributed by atoms with van der Waals surface area (Å²) < 4.78 is 5.36. The van der Waals surface area contributed by atoms with Crippen molar-refractivity contribution in [1.29, 1.82) is 0 Å². The molecule has 0 saturated carbocycles. The van der Waals surface area contributed by atoms with Crippen molar-refractivity contribution in [2.45, 2.75) is 19.9 Å². The number of hydrazine groups is 1. The van der Waals surface area contributed by atoms with Gasteiger partial charge in [-0.1, -0.05) is 6.58 Å². The molecule has 0 aliphatic carbocycles. The van der Waals surface area contributed by atoms with E-state index in [4.69, 9.17) is 4.74 Å². The molecule has 0 radical (unpaired) electrons. The summed E-state index contributed by atoms with van der Waals surface area (Å²) in [5.74, 6) is 1.00. The molecule has 0 aromatic heterocycles. The summed E-state index contributed by atoms with van der Waals surface area (Å²) in [5, 5.41) is 0. The first-order valence-electron chi connectivity index (χ1n) is 6.34. The number of nitrogens with zero attached hydrogens (tertiary/aromatic N) is 2. The Morgan fingerprint density at radius 3 is 2.56 bits per heavy atom. The van der Waals surface area contributed by atoms with Crippen LogP contribution in [0.1, 0.15) is 13.8 Å². The standard InChI is InChI=1S/C13H24N4O/c1-5-12(15-11(2)3)10-13(16-14-4)17-6-8-18-9-7-17/h5,10-11,14,16H,1,6-9H2,2-4H3/b13-10+,15-12?. The molecule has 1 aliphatic heterocycles. The van der Waals surface area contributed by atoms with E-state index in [0.717, 1.165) is 37.8 Å². The van der Waals surface area contributed by atoms with Crippen LogP contribution < -0.4 is 10.9 Å². The zero-order valence-electron chi connectivity index (χ0n) is 11.6. The number of allylic oxidation sites excluding steroid dienone is 2. The zero-order chi connectivity index (χ0) is 13.4. The minimum Gasteiger partial charge on any atom is -0.378 e. The van der Waals surface area contributed by atoms with E-state index in [0.29, 0.717) is 0 Å². The smallest absolute Gasteiger partial charge is 0.118 e. The third kappa shape index (κ3) is 4.89. The van der Waals surface area contributed by atoms with Crippen LogP contribution in [0.25, 0.3) is 0 Å². The molecule has 1 aliphatic rings. The predicted molar refractivity (Wildman–Crippen MR) is 75.4 cm³/mol. The Labute approximate surface area is 110 Å². The molecule has 0 aromatic carbocycles. The summed E-state index contributed by atoms with van der Waals surface area (Å²) in [5.41, 5.74) is 6.98. The molecule has 1 heterocycles. The lowest BCUT2D eigenvalue weighted by molar-refractivity contribution is 0.0495. The summed E-state index contributed by atoms with van der Waals surface area (Å²) in [4.78, 5) is 6.74. The van der Waals surface area contributed by atoms with Gasteiger partial charge in [0.05, 0.1) is 18.9 Å². The highest BCUT2D eigenvalue weighted by Crippen LogP contribution is 2.05. The number of hydrogen-bond acceptors (Lipinski definition) is 5. The van der Waals surface area contributed by atoms with Crippen LogP contribution in [0.5, 0.6) is 0 Å². The van der Waals surface area contributed by atoms with Crippen LogP contribution in [0.2, 0.25) is 0 Å². The second kappa shape index (κ2) is 7.89. The monoisotopic (exact) mass is 252 g/mol. The van der Waals surface area contributed by atoms with Crippen LogP contribution in [0.3, 0.4) is 0 Å². The van der Waals surface area contributed by atoms with Crippen molar-refractivity contribution in [2.24, 2.45) is 4.99 Å². The second-order valence-electron chi connectivity index (χ2n) is 4.36. The van der Waals surface area contributed by atoms with E-state index in [1.165, 1.54) is 0 Å². The normalized spacial score (nSPS) is 18.1. The Morgan fingerprint density at radius 1 is 1.39 bits per heavy atom. The quantitative estimate of drug-likeness (QED) is 0.545. The maximum atomic E-state index is 5.36. The zero-order valence-corrected chi connectivity index (χ0v) is 11.6. The van der Waals surface area contributed by atoms with Gasteiger partial charge in [-0.05, 0) is 19.9 Å². The summed E-state index contributed by atoms with van der Waals surface area (Å²) >= 11 is 0. The van der Waals surface area contributed by atoms with Gasteiger partial charge in [0.15, 0.2) is 0 Å². The Morgan fingerprint density at radius 2 is 2.06 bits per heavy atom. The molecule has 5 nitrogen and oxygen atoms in total. The molecule has 102 valence electrons. The maximum absolute atomic E-state index is 5.36. The molecule has 0 amide bonds. The van der Waals surface area contributed by atoms with E-state index < -0.39 is 0 Å². The molecule has 0 bridgehead atoms. The minimum atomic E-state index is 0.259. The Balaban J connectivity index is 2.83. The lowest BCUT2D eigenvalue weighted by Crippen LogP contribution is -2.43. The summed E-state index contributed by atoms with van der Waals surface area (Å²) in [6, 6.07) is 0.259. The number of aliphatic imine (C=N–C) groups is 1. The fourth-order valence-corrected chi connectivity index (χ4v) is 1.73. The van der Waals surface area contributed by atoms with E-state index in [9.17, 15) is 0 Å². The van der Waals surface area contributed by atoms with Crippen LogP contribution in [-0.2, 0) is 4.74 Å². The van der Waals surface area contributed by atoms with Gasteiger partial charge in [0.25, 0.3) is 0 Å². The molecule has 1 saturated heterocycles. The average Bonchev–Trinajstić information content (AvgIpc) is 2.37. The first-order valence-corrected chi connectivity index (χ1v) is 6.34. The van der Waals surface area contributed by atoms with Gasteiger partial charge in [-0.15, -0.1) is 0 Å². The van der Waals surface area contributed by atoms with Gasteiger partial charge in [0.2, 0.25) is 0 Å². The van der Waals surface area contributed by atoms with Crippen LogP contribution in [0.15, 0.2) is 29.5 Å². The summed E-state index contributed by atoms with van der Waals surface area (Å²) in [6.07, 6.45) is 3.78. The highest BCUT2D eigenvalue weighted by atomic mass is 16.5. The summed E-state index contributed by atoms with van der Waals surface area (Å²) in [6.45, 7) is 11.2. The second-order valence-corrected chi connectivity index (χ2v) is 4.36. The van der Waals surface area contributed by atoms with Gasteiger partial charge in [0.1, 0.15) is 5.82 Å². The highest BCUT2D eigenvalue weighted by Gasteiger charge is 2.13. The first kappa shape index (κ1) is 14.7. The van der Waals surface area contributed by atoms with Crippen molar-refractivity contribution < 1.29 is 4.74 Å².